The first-order valence-corrected chi connectivity index (χ1v) is 9.40. The SMILES string of the molecule is CC(CCC(C)c1cnc2ccccc2c1)c1cnc2ccccc2c1. The standard InChI is InChI=1S/C24H24N2/c1-17(21-13-19-7-3-5-9-23(19)25-15-21)11-12-18(2)22-14-20-8-4-6-10-24(20)26-16-22/h3-10,13-18H,11-12H2,1-2H3. The summed E-state index contributed by atoms with van der Waals surface area (Å²) in [5, 5.41) is 2.45. The van der Waals surface area contributed by atoms with Crippen molar-refractivity contribution < 1.29 is 0 Å². The molecule has 130 valence electrons. The average Bonchev–Trinajstić information content (AvgIpc) is 2.71. The third kappa shape index (κ3) is 3.45. The Morgan fingerprint density at radius 2 is 1.08 bits per heavy atom. The van der Waals surface area contributed by atoms with Crippen LogP contribution in [0.15, 0.2) is 73.1 Å². The van der Waals surface area contributed by atoms with E-state index in [0.717, 1.165) is 23.9 Å². The zero-order valence-corrected chi connectivity index (χ0v) is 15.4. The van der Waals surface area contributed by atoms with Crippen molar-refractivity contribution in [3.63, 3.8) is 0 Å². The lowest BCUT2D eigenvalue weighted by Crippen LogP contribution is -2.00. The maximum atomic E-state index is 4.61. The highest BCUT2D eigenvalue weighted by Gasteiger charge is 2.12. The van der Waals surface area contributed by atoms with Gasteiger partial charge >= 0.3 is 0 Å². The molecule has 0 bridgehead atoms. The molecule has 0 radical (unpaired) electrons. The zero-order chi connectivity index (χ0) is 17.9. The number of rotatable bonds is 5. The number of hydrogen-bond acceptors (Lipinski definition) is 2. The molecule has 0 aliphatic rings. The van der Waals surface area contributed by atoms with Crippen molar-refractivity contribution in [2.75, 3.05) is 0 Å². The number of aromatic nitrogens is 2. The molecular weight excluding hydrogens is 316 g/mol. The summed E-state index contributed by atoms with van der Waals surface area (Å²) in [5.74, 6) is 1.01. The van der Waals surface area contributed by atoms with Gasteiger partial charge in [0.15, 0.2) is 0 Å². The Morgan fingerprint density at radius 3 is 1.54 bits per heavy atom. The molecule has 2 aromatic heterocycles. The number of pyridine rings is 2. The fraction of sp³-hybridized carbons (Fsp3) is 0.250. The van der Waals surface area contributed by atoms with Crippen molar-refractivity contribution in [3.8, 4) is 0 Å². The summed E-state index contributed by atoms with van der Waals surface area (Å²) in [6.45, 7) is 4.61. The van der Waals surface area contributed by atoms with Gasteiger partial charge < -0.3 is 0 Å². The van der Waals surface area contributed by atoms with E-state index < -0.39 is 0 Å². The fourth-order valence-corrected chi connectivity index (χ4v) is 3.55. The number of hydrogen-bond donors (Lipinski definition) is 0. The van der Waals surface area contributed by atoms with Gasteiger partial charge in [-0.05, 0) is 60.1 Å². The van der Waals surface area contributed by atoms with Crippen LogP contribution in [-0.2, 0) is 0 Å². The van der Waals surface area contributed by atoms with Crippen molar-refractivity contribution in [2.24, 2.45) is 0 Å². The van der Waals surface area contributed by atoms with E-state index in [9.17, 15) is 0 Å². The molecule has 0 aliphatic carbocycles. The van der Waals surface area contributed by atoms with Crippen LogP contribution in [-0.4, -0.2) is 9.97 Å². The molecule has 0 spiro atoms. The smallest absolute Gasteiger partial charge is 0.0702 e. The molecule has 2 atom stereocenters. The first-order valence-electron chi connectivity index (χ1n) is 9.40. The second-order valence-electron chi connectivity index (χ2n) is 7.30. The normalized spacial score (nSPS) is 13.8. The predicted octanol–water partition coefficient (Wildman–Crippen LogP) is 6.47. The molecule has 4 aromatic rings. The molecule has 0 N–H and O–H groups in total. The lowest BCUT2D eigenvalue weighted by atomic mass is 9.89. The van der Waals surface area contributed by atoms with Crippen LogP contribution < -0.4 is 0 Å². The topological polar surface area (TPSA) is 25.8 Å². The summed E-state index contributed by atoms with van der Waals surface area (Å²) < 4.78 is 0. The van der Waals surface area contributed by atoms with Gasteiger partial charge in [-0.2, -0.15) is 0 Å². The van der Waals surface area contributed by atoms with Crippen LogP contribution in [0, 0.1) is 0 Å². The summed E-state index contributed by atoms with van der Waals surface area (Å²) in [7, 11) is 0. The Bertz CT molecular complexity index is 953. The van der Waals surface area contributed by atoms with Gasteiger partial charge in [-0.1, -0.05) is 50.2 Å². The van der Waals surface area contributed by atoms with E-state index in [1.54, 1.807) is 0 Å². The van der Waals surface area contributed by atoms with E-state index in [2.05, 4.69) is 72.3 Å². The molecule has 0 fully saturated rings. The Labute approximate surface area is 154 Å². The van der Waals surface area contributed by atoms with Gasteiger partial charge in [-0.3, -0.25) is 9.97 Å². The minimum Gasteiger partial charge on any atom is -0.256 e. The number of para-hydroxylation sites is 2. The summed E-state index contributed by atoms with van der Waals surface area (Å²) in [4.78, 5) is 9.22. The first-order chi connectivity index (χ1) is 12.7. The molecule has 2 aromatic carbocycles. The van der Waals surface area contributed by atoms with Gasteiger partial charge in [0.1, 0.15) is 0 Å². The molecule has 0 saturated heterocycles. The highest BCUT2D eigenvalue weighted by Crippen LogP contribution is 2.29. The largest absolute Gasteiger partial charge is 0.256 e. The lowest BCUT2D eigenvalue weighted by molar-refractivity contribution is 0.572. The van der Waals surface area contributed by atoms with Gasteiger partial charge in [0, 0.05) is 23.2 Å². The molecule has 2 unspecified atom stereocenters. The van der Waals surface area contributed by atoms with Crippen LogP contribution in [0.25, 0.3) is 21.8 Å². The number of benzene rings is 2. The Balaban J connectivity index is 1.46. The molecule has 26 heavy (non-hydrogen) atoms. The fourth-order valence-electron chi connectivity index (χ4n) is 3.55. The molecule has 4 rings (SSSR count). The highest BCUT2D eigenvalue weighted by molar-refractivity contribution is 5.79. The molecule has 0 aliphatic heterocycles. The maximum Gasteiger partial charge on any atom is 0.0702 e. The average molecular weight is 340 g/mol. The van der Waals surface area contributed by atoms with E-state index in [1.807, 2.05) is 24.5 Å². The Morgan fingerprint density at radius 1 is 0.654 bits per heavy atom. The van der Waals surface area contributed by atoms with E-state index in [-0.39, 0.29) is 0 Å². The highest BCUT2D eigenvalue weighted by atomic mass is 14.7. The van der Waals surface area contributed by atoms with Gasteiger partial charge in [0.05, 0.1) is 11.0 Å². The first kappa shape index (κ1) is 16.7. The molecular formula is C24H24N2. The third-order valence-electron chi connectivity index (χ3n) is 5.39. The second-order valence-corrected chi connectivity index (χ2v) is 7.30. The zero-order valence-electron chi connectivity index (χ0n) is 15.4. The van der Waals surface area contributed by atoms with Crippen molar-refractivity contribution in [1.82, 2.24) is 9.97 Å². The number of fused-ring (bicyclic) bond motifs is 2. The maximum absolute atomic E-state index is 4.61. The number of nitrogens with zero attached hydrogens (tertiary/aromatic N) is 2. The summed E-state index contributed by atoms with van der Waals surface area (Å²) in [6.07, 6.45) is 6.37. The van der Waals surface area contributed by atoms with Crippen molar-refractivity contribution in [3.05, 3.63) is 84.2 Å². The van der Waals surface area contributed by atoms with E-state index >= 15 is 0 Å². The van der Waals surface area contributed by atoms with Crippen LogP contribution in [0.1, 0.15) is 49.7 Å². The van der Waals surface area contributed by atoms with Crippen LogP contribution in [0.4, 0.5) is 0 Å². The molecule has 2 heterocycles. The lowest BCUT2D eigenvalue weighted by Gasteiger charge is -2.17. The molecule has 0 amide bonds. The van der Waals surface area contributed by atoms with Gasteiger partial charge in [0.25, 0.3) is 0 Å². The minimum atomic E-state index is 0.503. The monoisotopic (exact) mass is 340 g/mol. The van der Waals surface area contributed by atoms with Crippen LogP contribution in [0.2, 0.25) is 0 Å². The van der Waals surface area contributed by atoms with Gasteiger partial charge in [-0.15, -0.1) is 0 Å². The van der Waals surface area contributed by atoms with Crippen LogP contribution in [0.5, 0.6) is 0 Å². The van der Waals surface area contributed by atoms with E-state index in [1.165, 1.54) is 21.9 Å². The second kappa shape index (κ2) is 7.25. The predicted molar refractivity (Wildman–Crippen MR) is 110 cm³/mol. The molecule has 0 saturated carbocycles. The molecule has 2 heteroatoms. The van der Waals surface area contributed by atoms with Crippen LogP contribution >= 0.6 is 0 Å². The van der Waals surface area contributed by atoms with Crippen molar-refractivity contribution in [1.29, 1.82) is 0 Å². The summed E-state index contributed by atoms with van der Waals surface area (Å²) >= 11 is 0. The van der Waals surface area contributed by atoms with E-state index in [0.29, 0.717) is 11.8 Å². The molecule has 2 nitrogen and oxygen atoms in total. The quantitative estimate of drug-likeness (QED) is 0.416. The Hall–Kier alpha value is -2.74. The third-order valence-corrected chi connectivity index (χ3v) is 5.39. The van der Waals surface area contributed by atoms with Crippen molar-refractivity contribution in [2.45, 2.75) is 38.5 Å². The van der Waals surface area contributed by atoms with E-state index in [4.69, 9.17) is 0 Å². The van der Waals surface area contributed by atoms with Crippen LogP contribution in [0.3, 0.4) is 0 Å². The van der Waals surface area contributed by atoms with Crippen molar-refractivity contribution >= 4 is 21.8 Å². The Kier molecular flexibility index (Phi) is 4.66. The van der Waals surface area contributed by atoms with Gasteiger partial charge in [0.2, 0.25) is 0 Å². The van der Waals surface area contributed by atoms with Gasteiger partial charge in [-0.25, -0.2) is 0 Å². The summed E-state index contributed by atoms with van der Waals surface area (Å²) in [5.41, 5.74) is 4.79. The summed E-state index contributed by atoms with van der Waals surface area (Å²) in [6, 6.07) is 21.2. The minimum absolute atomic E-state index is 0.503.